The smallest absolute Gasteiger partial charge is 0.333 e. The molecule has 0 amide bonds. The Labute approximate surface area is 180 Å². The molecule has 0 fully saturated rings. The summed E-state index contributed by atoms with van der Waals surface area (Å²) in [5, 5.41) is 18.8. The van der Waals surface area contributed by atoms with Gasteiger partial charge in [0.05, 0.1) is 13.2 Å². The van der Waals surface area contributed by atoms with Crippen LogP contribution < -0.4 is 0 Å². The summed E-state index contributed by atoms with van der Waals surface area (Å²) in [6, 6.07) is 12.5. The fourth-order valence-electron chi connectivity index (χ4n) is 2.85. The SMILES string of the molecule is C=C(C)C(=O)OCCCCOC(=O)CCc1ccc2nn(-c3ccccc3O)nc2c1. The molecule has 3 aromatic rings. The van der Waals surface area contributed by atoms with E-state index in [1.54, 1.807) is 31.2 Å². The number of carbonyl (C=O) groups is 2. The lowest BCUT2D eigenvalue weighted by atomic mass is 10.1. The van der Waals surface area contributed by atoms with Crippen LogP contribution in [0.25, 0.3) is 16.7 Å². The fourth-order valence-corrected chi connectivity index (χ4v) is 2.85. The molecule has 31 heavy (non-hydrogen) atoms. The van der Waals surface area contributed by atoms with Gasteiger partial charge in [-0.15, -0.1) is 15.0 Å². The molecular weight excluding hydrogens is 398 g/mol. The lowest BCUT2D eigenvalue weighted by molar-refractivity contribution is -0.144. The highest BCUT2D eigenvalue weighted by molar-refractivity contribution is 5.86. The van der Waals surface area contributed by atoms with Gasteiger partial charge in [-0.3, -0.25) is 4.79 Å². The number of esters is 2. The van der Waals surface area contributed by atoms with Gasteiger partial charge in [-0.05, 0) is 56.0 Å². The average Bonchev–Trinajstić information content (AvgIpc) is 3.17. The largest absolute Gasteiger partial charge is 0.506 e. The number of unbranched alkanes of at least 4 members (excludes halogenated alkanes) is 1. The predicted molar refractivity (Wildman–Crippen MR) is 115 cm³/mol. The summed E-state index contributed by atoms with van der Waals surface area (Å²) in [7, 11) is 0. The summed E-state index contributed by atoms with van der Waals surface area (Å²) < 4.78 is 10.2. The second-order valence-corrected chi connectivity index (χ2v) is 7.15. The number of para-hydroxylation sites is 2. The Kier molecular flexibility index (Phi) is 7.37. The van der Waals surface area contributed by atoms with E-state index in [4.69, 9.17) is 9.47 Å². The number of rotatable bonds is 10. The lowest BCUT2D eigenvalue weighted by Gasteiger charge is -2.06. The van der Waals surface area contributed by atoms with E-state index in [1.807, 2.05) is 18.2 Å². The van der Waals surface area contributed by atoms with E-state index in [0.717, 1.165) is 5.56 Å². The molecule has 0 bridgehead atoms. The maximum atomic E-state index is 12.0. The monoisotopic (exact) mass is 423 g/mol. The molecule has 0 spiro atoms. The molecule has 0 saturated carbocycles. The molecule has 8 heteroatoms. The predicted octanol–water partition coefficient (Wildman–Crippen LogP) is 3.50. The highest BCUT2D eigenvalue weighted by Crippen LogP contribution is 2.21. The number of ether oxygens (including phenoxy) is 2. The van der Waals surface area contributed by atoms with Crippen molar-refractivity contribution in [2.75, 3.05) is 13.2 Å². The summed E-state index contributed by atoms with van der Waals surface area (Å²) in [6.45, 7) is 5.68. The molecule has 1 N–H and O–H groups in total. The van der Waals surface area contributed by atoms with Gasteiger partial charge >= 0.3 is 11.9 Å². The lowest BCUT2D eigenvalue weighted by Crippen LogP contribution is -2.09. The molecule has 0 unspecified atom stereocenters. The molecule has 1 aromatic heterocycles. The first-order valence-corrected chi connectivity index (χ1v) is 10.1. The maximum Gasteiger partial charge on any atom is 0.333 e. The van der Waals surface area contributed by atoms with Crippen molar-refractivity contribution < 1.29 is 24.2 Å². The zero-order valence-corrected chi connectivity index (χ0v) is 17.4. The van der Waals surface area contributed by atoms with Crippen LogP contribution in [0.1, 0.15) is 31.7 Å². The van der Waals surface area contributed by atoms with Gasteiger partial charge in [0.25, 0.3) is 0 Å². The molecule has 0 atom stereocenters. The Morgan fingerprint density at radius 2 is 1.74 bits per heavy atom. The third kappa shape index (κ3) is 6.15. The fraction of sp³-hybridized carbons (Fsp3) is 0.304. The minimum atomic E-state index is -0.408. The Morgan fingerprint density at radius 3 is 2.48 bits per heavy atom. The van der Waals surface area contributed by atoms with Crippen LogP contribution in [-0.2, 0) is 25.5 Å². The first-order chi connectivity index (χ1) is 14.9. The molecule has 0 aliphatic carbocycles. The first-order valence-electron chi connectivity index (χ1n) is 10.1. The third-order valence-electron chi connectivity index (χ3n) is 4.54. The number of nitrogens with zero attached hydrogens (tertiary/aromatic N) is 3. The van der Waals surface area contributed by atoms with E-state index in [9.17, 15) is 14.7 Å². The van der Waals surface area contributed by atoms with E-state index in [0.29, 0.717) is 41.6 Å². The normalized spacial score (nSPS) is 10.7. The van der Waals surface area contributed by atoms with Gasteiger partial charge < -0.3 is 14.6 Å². The van der Waals surface area contributed by atoms with Gasteiger partial charge in [0.1, 0.15) is 22.5 Å². The number of hydrogen-bond acceptors (Lipinski definition) is 7. The van der Waals surface area contributed by atoms with Crippen molar-refractivity contribution in [3.8, 4) is 11.4 Å². The van der Waals surface area contributed by atoms with E-state index < -0.39 is 5.97 Å². The number of hydrogen-bond donors (Lipinski definition) is 1. The van der Waals surface area contributed by atoms with Crippen LogP contribution in [0, 0.1) is 0 Å². The maximum absolute atomic E-state index is 12.0. The summed E-state index contributed by atoms with van der Waals surface area (Å²) in [4.78, 5) is 24.6. The number of aromatic nitrogens is 3. The molecule has 3 rings (SSSR count). The van der Waals surface area contributed by atoms with Crippen LogP contribution in [0.15, 0.2) is 54.6 Å². The number of aromatic hydroxyl groups is 1. The molecule has 1 heterocycles. The highest BCUT2D eigenvalue weighted by atomic mass is 16.5. The Morgan fingerprint density at radius 1 is 1.03 bits per heavy atom. The van der Waals surface area contributed by atoms with Crippen LogP contribution in [0.2, 0.25) is 0 Å². The molecule has 0 aliphatic rings. The Hall–Kier alpha value is -3.68. The summed E-state index contributed by atoms with van der Waals surface area (Å²) in [5.41, 5.74) is 3.18. The van der Waals surface area contributed by atoms with Crippen molar-refractivity contribution in [1.29, 1.82) is 0 Å². The second-order valence-electron chi connectivity index (χ2n) is 7.15. The average molecular weight is 423 g/mol. The van der Waals surface area contributed by atoms with Gasteiger partial charge in [-0.25, -0.2) is 4.79 Å². The Balaban J connectivity index is 1.44. The highest BCUT2D eigenvalue weighted by Gasteiger charge is 2.10. The summed E-state index contributed by atoms with van der Waals surface area (Å²) >= 11 is 0. The van der Waals surface area contributed by atoms with Crippen molar-refractivity contribution in [3.05, 3.63) is 60.2 Å². The zero-order valence-electron chi connectivity index (χ0n) is 17.4. The number of phenols is 1. The van der Waals surface area contributed by atoms with Gasteiger partial charge in [0.2, 0.25) is 0 Å². The van der Waals surface area contributed by atoms with Crippen LogP contribution in [-0.4, -0.2) is 45.3 Å². The number of carbonyl (C=O) groups excluding carboxylic acids is 2. The zero-order chi connectivity index (χ0) is 22.2. The minimum absolute atomic E-state index is 0.0970. The molecule has 0 aliphatic heterocycles. The Bertz CT molecular complexity index is 1090. The van der Waals surface area contributed by atoms with Gasteiger partial charge in [0.15, 0.2) is 0 Å². The topological polar surface area (TPSA) is 104 Å². The van der Waals surface area contributed by atoms with Gasteiger partial charge in [-0.2, -0.15) is 0 Å². The quantitative estimate of drug-likeness (QED) is 0.302. The number of benzene rings is 2. The third-order valence-corrected chi connectivity index (χ3v) is 4.54. The minimum Gasteiger partial charge on any atom is -0.506 e. The van der Waals surface area contributed by atoms with Crippen molar-refractivity contribution in [2.45, 2.75) is 32.6 Å². The molecule has 162 valence electrons. The number of phenolic OH excluding ortho intramolecular Hbond substituents is 1. The standard InChI is InChI=1S/C23H25N3O5/c1-16(2)23(29)31-14-6-5-13-30-22(28)12-10-17-9-11-18-19(15-17)25-26(24-18)20-7-3-4-8-21(20)27/h3-4,7-9,11,15,27H,1,5-6,10,12-14H2,2H3. The number of fused-ring (bicyclic) bond motifs is 1. The molecule has 2 aromatic carbocycles. The number of aryl methyl sites for hydroxylation is 1. The van der Waals surface area contributed by atoms with E-state index in [2.05, 4.69) is 16.8 Å². The van der Waals surface area contributed by atoms with Crippen LogP contribution in [0.5, 0.6) is 5.75 Å². The van der Waals surface area contributed by atoms with Crippen molar-refractivity contribution in [1.82, 2.24) is 15.0 Å². The van der Waals surface area contributed by atoms with Gasteiger partial charge in [-0.1, -0.05) is 24.8 Å². The van der Waals surface area contributed by atoms with Crippen LogP contribution in [0.4, 0.5) is 0 Å². The van der Waals surface area contributed by atoms with Crippen LogP contribution in [0.3, 0.4) is 0 Å². The van der Waals surface area contributed by atoms with Crippen molar-refractivity contribution >= 4 is 23.0 Å². The van der Waals surface area contributed by atoms with E-state index in [1.165, 1.54) is 4.80 Å². The van der Waals surface area contributed by atoms with Gasteiger partial charge in [0, 0.05) is 12.0 Å². The summed E-state index contributed by atoms with van der Waals surface area (Å²) in [6.07, 6.45) is 2.02. The van der Waals surface area contributed by atoms with E-state index in [-0.39, 0.29) is 31.4 Å². The molecule has 0 saturated heterocycles. The van der Waals surface area contributed by atoms with E-state index >= 15 is 0 Å². The molecule has 8 nitrogen and oxygen atoms in total. The molecular formula is C23H25N3O5. The van der Waals surface area contributed by atoms with Crippen molar-refractivity contribution in [2.24, 2.45) is 0 Å². The molecule has 0 radical (unpaired) electrons. The first kappa shape index (κ1) is 22.0. The summed E-state index contributed by atoms with van der Waals surface area (Å²) in [5.74, 6) is -0.591. The van der Waals surface area contributed by atoms with Crippen molar-refractivity contribution in [3.63, 3.8) is 0 Å². The second kappa shape index (κ2) is 10.4. The van der Waals surface area contributed by atoms with Crippen LogP contribution >= 0.6 is 0 Å².